The highest BCUT2D eigenvalue weighted by atomic mass is 35.5. The van der Waals surface area contributed by atoms with Crippen molar-refractivity contribution in [3.05, 3.63) is 34.6 Å². The minimum absolute atomic E-state index is 0.219. The van der Waals surface area contributed by atoms with Gasteiger partial charge in [0.15, 0.2) is 5.69 Å². The first-order valence-electron chi connectivity index (χ1n) is 11.1. The van der Waals surface area contributed by atoms with E-state index in [-0.39, 0.29) is 17.5 Å². The van der Waals surface area contributed by atoms with E-state index in [9.17, 15) is 15.3 Å². The molecule has 5 rings (SSSR count). The number of imidazole rings is 1. The highest BCUT2D eigenvalue weighted by Crippen LogP contribution is 2.36. The molecule has 1 aliphatic heterocycles. The summed E-state index contributed by atoms with van der Waals surface area (Å²) in [6.07, 6.45) is 3.64. The molecule has 1 aliphatic carbocycles. The maximum atomic E-state index is 11.8. The molecule has 0 unspecified atom stereocenters. The van der Waals surface area contributed by atoms with Crippen LogP contribution in [0, 0.1) is 22.7 Å². The first-order valence-corrected chi connectivity index (χ1v) is 11.4. The lowest BCUT2D eigenvalue weighted by molar-refractivity contribution is -0.134. The molecule has 1 aromatic carbocycles. The van der Waals surface area contributed by atoms with Gasteiger partial charge in [0.05, 0.1) is 34.2 Å². The van der Waals surface area contributed by atoms with Crippen molar-refractivity contribution in [3.63, 3.8) is 0 Å². The van der Waals surface area contributed by atoms with Gasteiger partial charge < -0.3 is 25.5 Å². The van der Waals surface area contributed by atoms with Gasteiger partial charge in [-0.25, -0.2) is 0 Å². The zero-order chi connectivity index (χ0) is 24.5. The fourth-order valence-corrected chi connectivity index (χ4v) is 4.19. The van der Waals surface area contributed by atoms with Gasteiger partial charge in [-0.3, -0.25) is 9.20 Å². The van der Waals surface area contributed by atoms with Gasteiger partial charge in [0, 0.05) is 32.2 Å². The second-order valence-corrected chi connectivity index (χ2v) is 8.70. The molecule has 0 bridgehead atoms. The van der Waals surface area contributed by atoms with Crippen LogP contribution in [0.5, 0.6) is 0 Å². The van der Waals surface area contributed by atoms with E-state index in [1.54, 1.807) is 27.6 Å². The van der Waals surface area contributed by atoms with E-state index in [0.717, 1.165) is 12.8 Å². The summed E-state index contributed by atoms with van der Waals surface area (Å²) in [5, 5.41) is 34.8. The zero-order valence-corrected chi connectivity index (χ0v) is 19.3. The Morgan fingerprint density at radius 1 is 1.14 bits per heavy atom. The van der Waals surface area contributed by atoms with Crippen LogP contribution < -0.4 is 15.5 Å². The van der Waals surface area contributed by atoms with E-state index in [2.05, 4.69) is 31.7 Å². The standard InChI is InChI=1S/C22H21ClN10O2/c23-19-16(7-13(9-24)8-17(19)31-3-5-32(6-4-31)18(35)12-34)28-20-29-21(26-14-1-2-14)33-11-15(10-25)27-22(33)30-20/h7-8,11,14,34H,1-6,12H2,(H2,26,27,28,29,30). The van der Waals surface area contributed by atoms with Gasteiger partial charge in [-0.1, -0.05) is 11.6 Å². The van der Waals surface area contributed by atoms with Crippen LogP contribution in [0.1, 0.15) is 24.1 Å². The summed E-state index contributed by atoms with van der Waals surface area (Å²) in [5.41, 5.74) is 1.71. The number of hydrogen-bond donors (Lipinski definition) is 3. The van der Waals surface area contributed by atoms with Crippen LogP contribution >= 0.6 is 11.6 Å². The summed E-state index contributed by atoms with van der Waals surface area (Å²) in [4.78, 5) is 28.6. The number of amides is 1. The molecule has 1 saturated heterocycles. The molecule has 12 nitrogen and oxygen atoms in total. The number of anilines is 4. The molecule has 178 valence electrons. The minimum atomic E-state index is -0.521. The van der Waals surface area contributed by atoms with Crippen LogP contribution in [-0.4, -0.2) is 74.1 Å². The Morgan fingerprint density at radius 2 is 1.91 bits per heavy atom. The first kappa shape index (κ1) is 22.7. The van der Waals surface area contributed by atoms with Crippen molar-refractivity contribution in [2.24, 2.45) is 0 Å². The molecule has 1 amide bonds. The fraction of sp³-hybridized carbons (Fsp3) is 0.364. The molecule has 3 aromatic rings. The highest BCUT2D eigenvalue weighted by molar-refractivity contribution is 6.36. The predicted octanol–water partition coefficient (Wildman–Crippen LogP) is 1.48. The van der Waals surface area contributed by atoms with Crippen LogP contribution in [0.25, 0.3) is 5.78 Å². The van der Waals surface area contributed by atoms with E-state index < -0.39 is 6.61 Å². The van der Waals surface area contributed by atoms with E-state index in [0.29, 0.717) is 65.9 Å². The monoisotopic (exact) mass is 492 g/mol. The number of nitrogens with zero attached hydrogens (tertiary/aromatic N) is 8. The van der Waals surface area contributed by atoms with E-state index in [4.69, 9.17) is 16.7 Å². The summed E-state index contributed by atoms with van der Waals surface area (Å²) in [6, 6.07) is 7.80. The van der Waals surface area contributed by atoms with Gasteiger partial charge in [0.2, 0.25) is 23.6 Å². The van der Waals surface area contributed by atoms with E-state index >= 15 is 0 Å². The smallest absolute Gasteiger partial charge is 0.248 e. The SMILES string of the molecule is N#Cc1cc(Nc2nc(NC3CC3)n3cc(C#N)nc3n2)c(Cl)c(N2CCN(C(=O)CO)CC2)c1. The Hall–Kier alpha value is -4.13. The number of rotatable bonds is 6. The predicted molar refractivity (Wildman–Crippen MR) is 127 cm³/mol. The van der Waals surface area contributed by atoms with E-state index in [1.807, 2.05) is 11.0 Å². The van der Waals surface area contributed by atoms with Crippen molar-refractivity contribution in [1.82, 2.24) is 24.3 Å². The van der Waals surface area contributed by atoms with Crippen LogP contribution in [0.2, 0.25) is 5.02 Å². The largest absolute Gasteiger partial charge is 0.387 e. The number of piperazine rings is 1. The number of aromatic nitrogens is 4. The molecular weight excluding hydrogens is 472 g/mol. The van der Waals surface area contributed by atoms with Crippen molar-refractivity contribution in [2.45, 2.75) is 18.9 Å². The number of carbonyl (C=O) groups excluding carboxylic acids is 1. The number of carbonyl (C=O) groups is 1. The minimum Gasteiger partial charge on any atom is -0.387 e. The van der Waals surface area contributed by atoms with Gasteiger partial charge >= 0.3 is 0 Å². The number of nitrogens with one attached hydrogen (secondary N) is 2. The second kappa shape index (κ2) is 9.25. The second-order valence-electron chi connectivity index (χ2n) is 8.32. The summed E-state index contributed by atoms with van der Waals surface area (Å²) in [5.74, 6) is 0.716. The molecule has 1 saturated carbocycles. The normalized spacial score (nSPS) is 15.5. The Labute approximate surface area is 205 Å². The summed E-state index contributed by atoms with van der Waals surface area (Å²) in [7, 11) is 0. The molecule has 3 heterocycles. The van der Waals surface area contributed by atoms with Crippen molar-refractivity contribution in [1.29, 1.82) is 10.5 Å². The first-order chi connectivity index (χ1) is 17.0. The molecule has 0 radical (unpaired) electrons. The molecule has 35 heavy (non-hydrogen) atoms. The third kappa shape index (κ3) is 4.62. The molecule has 0 atom stereocenters. The molecule has 2 aromatic heterocycles. The highest BCUT2D eigenvalue weighted by Gasteiger charge is 2.25. The Morgan fingerprint density at radius 3 is 2.57 bits per heavy atom. The molecule has 13 heteroatoms. The van der Waals surface area contributed by atoms with Crippen LogP contribution in [0.15, 0.2) is 18.3 Å². The number of aliphatic hydroxyl groups is 1. The molecule has 2 aliphatic rings. The van der Waals surface area contributed by atoms with Crippen molar-refractivity contribution >= 4 is 46.6 Å². The summed E-state index contributed by atoms with van der Waals surface area (Å²) >= 11 is 6.76. The lowest BCUT2D eigenvalue weighted by Gasteiger charge is -2.36. The number of halogens is 1. The maximum Gasteiger partial charge on any atom is 0.248 e. The van der Waals surface area contributed by atoms with Crippen molar-refractivity contribution in [2.75, 3.05) is 48.3 Å². The van der Waals surface area contributed by atoms with Gasteiger partial charge in [0.1, 0.15) is 12.7 Å². The van der Waals surface area contributed by atoms with E-state index in [1.165, 1.54) is 0 Å². The van der Waals surface area contributed by atoms with Gasteiger partial charge in [0.25, 0.3) is 0 Å². The number of nitriles is 2. The van der Waals surface area contributed by atoms with Crippen molar-refractivity contribution < 1.29 is 9.90 Å². The van der Waals surface area contributed by atoms with Gasteiger partial charge in [-0.15, -0.1) is 0 Å². The fourth-order valence-electron chi connectivity index (χ4n) is 3.91. The Balaban J connectivity index is 1.46. The Kier molecular flexibility index (Phi) is 5.99. The number of fused-ring (bicyclic) bond motifs is 1. The summed E-state index contributed by atoms with van der Waals surface area (Å²) in [6.45, 7) is 1.36. The lowest BCUT2D eigenvalue weighted by Crippen LogP contribution is -2.49. The van der Waals surface area contributed by atoms with Crippen molar-refractivity contribution in [3.8, 4) is 12.1 Å². The average molecular weight is 493 g/mol. The number of aliphatic hydroxyl groups excluding tert-OH is 1. The molecule has 3 N–H and O–H groups in total. The van der Waals surface area contributed by atoms with Crippen LogP contribution in [0.4, 0.5) is 23.3 Å². The molecule has 2 fully saturated rings. The van der Waals surface area contributed by atoms with Crippen LogP contribution in [-0.2, 0) is 4.79 Å². The molecular formula is C22H21ClN10O2. The van der Waals surface area contributed by atoms with Gasteiger partial charge in [-0.2, -0.15) is 25.5 Å². The van der Waals surface area contributed by atoms with Gasteiger partial charge in [-0.05, 0) is 25.0 Å². The number of benzene rings is 1. The zero-order valence-electron chi connectivity index (χ0n) is 18.6. The summed E-state index contributed by atoms with van der Waals surface area (Å²) < 4.78 is 1.63. The average Bonchev–Trinajstić information content (AvgIpc) is 3.60. The lowest BCUT2D eigenvalue weighted by atomic mass is 10.1. The quantitative estimate of drug-likeness (QED) is 0.460. The maximum absolute atomic E-state index is 11.8. The molecule has 0 spiro atoms. The van der Waals surface area contributed by atoms with Crippen LogP contribution in [0.3, 0.4) is 0 Å². The number of hydrogen-bond acceptors (Lipinski definition) is 10. The third-order valence-electron chi connectivity index (χ3n) is 5.90. The topological polar surface area (TPSA) is 158 Å². The Bertz CT molecular complexity index is 1380. The third-order valence-corrected chi connectivity index (χ3v) is 6.29.